The third-order valence-corrected chi connectivity index (χ3v) is 5.40. The van der Waals surface area contributed by atoms with Crippen molar-refractivity contribution in [3.8, 4) is 0 Å². The summed E-state index contributed by atoms with van der Waals surface area (Å²) in [4.78, 5) is 9.39. The maximum absolute atomic E-state index is 4.55. The van der Waals surface area contributed by atoms with Crippen molar-refractivity contribution in [3.63, 3.8) is 0 Å². The molecule has 1 fully saturated rings. The Morgan fingerprint density at radius 3 is 2.62 bits per heavy atom. The summed E-state index contributed by atoms with van der Waals surface area (Å²) in [6.07, 6.45) is 4.57. The highest BCUT2D eigenvalue weighted by molar-refractivity contribution is 7.80. The Bertz CT molecular complexity index is 454. The van der Waals surface area contributed by atoms with Gasteiger partial charge < -0.3 is 9.80 Å². The first-order valence-corrected chi connectivity index (χ1v) is 8.40. The molecule has 1 saturated heterocycles. The monoisotopic (exact) mass is 307 g/mol. The molecular formula is C17H29N3S. The number of hydrogen-bond donors (Lipinski definition) is 1. The van der Waals surface area contributed by atoms with Gasteiger partial charge in [-0.2, -0.15) is 12.6 Å². The molecule has 0 amide bonds. The summed E-state index contributed by atoms with van der Waals surface area (Å²) in [6, 6.07) is 4.30. The van der Waals surface area contributed by atoms with E-state index in [0.29, 0.717) is 5.92 Å². The third kappa shape index (κ3) is 3.72. The SMILES string of the molecule is CC(S)c1ccc(N2CCCC(C(C)(C)N(C)C)C2)cn1. The van der Waals surface area contributed by atoms with Crippen molar-refractivity contribution < 1.29 is 0 Å². The molecule has 2 heterocycles. The predicted molar refractivity (Wildman–Crippen MR) is 94.3 cm³/mol. The molecule has 1 aromatic heterocycles. The Labute approximate surface area is 135 Å². The van der Waals surface area contributed by atoms with Crippen LogP contribution >= 0.6 is 12.6 Å². The van der Waals surface area contributed by atoms with Gasteiger partial charge in [-0.15, -0.1) is 0 Å². The van der Waals surface area contributed by atoms with Gasteiger partial charge in [0.05, 0.1) is 17.6 Å². The van der Waals surface area contributed by atoms with Gasteiger partial charge in [0, 0.05) is 23.9 Å². The van der Waals surface area contributed by atoms with Crippen LogP contribution in [0.1, 0.15) is 44.6 Å². The number of hydrogen-bond acceptors (Lipinski definition) is 4. The van der Waals surface area contributed by atoms with Crippen molar-refractivity contribution in [1.29, 1.82) is 0 Å². The van der Waals surface area contributed by atoms with E-state index in [1.807, 2.05) is 6.20 Å². The molecule has 4 heteroatoms. The number of rotatable bonds is 4. The Morgan fingerprint density at radius 2 is 2.10 bits per heavy atom. The van der Waals surface area contributed by atoms with Crippen molar-refractivity contribution in [1.82, 2.24) is 9.88 Å². The van der Waals surface area contributed by atoms with Crippen LogP contribution < -0.4 is 4.90 Å². The number of piperidine rings is 1. The van der Waals surface area contributed by atoms with E-state index in [4.69, 9.17) is 0 Å². The molecule has 0 aromatic carbocycles. The van der Waals surface area contributed by atoms with Gasteiger partial charge in [-0.25, -0.2) is 0 Å². The molecule has 1 aliphatic rings. The molecule has 2 unspecified atom stereocenters. The van der Waals surface area contributed by atoms with E-state index in [9.17, 15) is 0 Å². The number of aromatic nitrogens is 1. The summed E-state index contributed by atoms with van der Waals surface area (Å²) >= 11 is 4.44. The fraction of sp³-hybridized carbons (Fsp3) is 0.706. The molecule has 0 N–H and O–H groups in total. The van der Waals surface area contributed by atoms with Crippen LogP contribution in [0, 0.1) is 5.92 Å². The Hall–Kier alpha value is -0.740. The van der Waals surface area contributed by atoms with E-state index in [1.54, 1.807) is 0 Å². The second kappa shape index (κ2) is 6.57. The predicted octanol–water partition coefficient (Wildman–Crippen LogP) is 3.63. The van der Waals surface area contributed by atoms with Crippen LogP contribution in [-0.2, 0) is 0 Å². The normalized spacial score (nSPS) is 21.7. The zero-order valence-electron chi connectivity index (χ0n) is 14.0. The molecular weight excluding hydrogens is 278 g/mol. The quantitative estimate of drug-likeness (QED) is 0.857. The van der Waals surface area contributed by atoms with Crippen LogP contribution in [0.25, 0.3) is 0 Å². The Kier molecular flexibility index (Phi) is 5.20. The second-order valence-corrected chi connectivity index (χ2v) is 7.73. The summed E-state index contributed by atoms with van der Waals surface area (Å²) in [7, 11) is 4.37. The molecule has 2 atom stereocenters. The van der Waals surface area contributed by atoms with Gasteiger partial charge in [-0.05, 0) is 65.8 Å². The molecule has 2 rings (SSSR count). The molecule has 21 heavy (non-hydrogen) atoms. The van der Waals surface area contributed by atoms with Gasteiger partial charge in [0.15, 0.2) is 0 Å². The van der Waals surface area contributed by atoms with E-state index in [-0.39, 0.29) is 10.8 Å². The molecule has 1 aromatic rings. The van der Waals surface area contributed by atoms with Gasteiger partial charge in [-0.3, -0.25) is 4.98 Å². The lowest BCUT2D eigenvalue weighted by Crippen LogP contribution is -2.51. The minimum absolute atomic E-state index is 0.195. The first-order valence-electron chi connectivity index (χ1n) is 7.88. The number of pyridine rings is 1. The van der Waals surface area contributed by atoms with Gasteiger partial charge in [0.2, 0.25) is 0 Å². The molecule has 0 spiro atoms. The highest BCUT2D eigenvalue weighted by Crippen LogP contribution is 2.32. The van der Waals surface area contributed by atoms with E-state index < -0.39 is 0 Å². The average Bonchev–Trinajstić information content (AvgIpc) is 2.47. The van der Waals surface area contributed by atoms with Crippen LogP contribution in [0.4, 0.5) is 5.69 Å². The first-order chi connectivity index (χ1) is 9.82. The van der Waals surface area contributed by atoms with Crippen molar-refractivity contribution in [2.45, 2.75) is 44.4 Å². The van der Waals surface area contributed by atoms with Gasteiger partial charge in [0.1, 0.15) is 0 Å². The zero-order chi connectivity index (χ0) is 15.6. The molecule has 3 nitrogen and oxygen atoms in total. The summed E-state index contributed by atoms with van der Waals surface area (Å²) in [5.74, 6) is 0.685. The largest absolute Gasteiger partial charge is 0.370 e. The minimum Gasteiger partial charge on any atom is -0.370 e. The average molecular weight is 308 g/mol. The van der Waals surface area contributed by atoms with E-state index in [2.05, 4.69) is 74.4 Å². The fourth-order valence-electron chi connectivity index (χ4n) is 2.99. The van der Waals surface area contributed by atoms with Crippen molar-refractivity contribution in [3.05, 3.63) is 24.0 Å². The van der Waals surface area contributed by atoms with Crippen LogP contribution in [0.2, 0.25) is 0 Å². The lowest BCUT2D eigenvalue weighted by atomic mass is 9.80. The van der Waals surface area contributed by atoms with Crippen LogP contribution in [0.5, 0.6) is 0 Å². The highest BCUT2D eigenvalue weighted by Gasteiger charge is 2.34. The van der Waals surface area contributed by atoms with E-state index >= 15 is 0 Å². The standard InChI is InChI=1S/C17H29N3S/c1-13(21)16-9-8-15(11-18-16)20-10-6-7-14(12-20)17(2,3)19(4)5/h8-9,11,13-14,21H,6-7,10,12H2,1-5H3. The summed E-state index contributed by atoms with van der Waals surface area (Å²) < 4.78 is 0. The molecule has 0 radical (unpaired) electrons. The molecule has 0 aliphatic carbocycles. The van der Waals surface area contributed by atoms with Crippen molar-refractivity contribution >= 4 is 18.3 Å². The molecule has 118 valence electrons. The number of nitrogens with zero attached hydrogens (tertiary/aromatic N) is 3. The second-order valence-electron chi connectivity index (χ2n) is 6.95. The van der Waals surface area contributed by atoms with Crippen LogP contribution in [0.15, 0.2) is 18.3 Å². The third-order valence-electron chi connectivity index (χ3n) is 5.14. The van der Waals surface area contributed by atoms with Gasteiger partial charge in [0.25, 0.3) is 0 Å². The summed E-state index contributed by atoms with van der Waals surface area (Å²) in [6.45, 7) is 9.01. The maximum Gasteiger partial charge on any atom is 0.0553 e. The fourth-order valence-corrected chi connectivity index (χ4v) is 3.14. The van der Waals surface area contributed by atoms with E-state index in [1.165, 1.54) is 18.5 Å². The van der Waals surface area contributed by atoms with Gasteiger partial charge in [-0.1, -0.05) is 0 Å². The number of anilines is 1. The first kappa shape index (κ1) is 16.6. The lowest BCUT2D eigenvalue weighted by molar-refractivity contribution is 0.104. The van der Waals surface area contributed by atoms with Gasteiger partial charge >= 0.3 is 0 Å². The molecule has 0 bridgehead atoms. The molecule has 0 saturated carbocycles. The van der Waals surface area contributed by atoms with Crippen molar-refractivity contribution in [2.75, 3.05) is 32.1 Å². The number of thiol groups is 1. The summed E-state index contributed by atoms with van der Waals surface area (Å²) in [5.41, 5.74) is 2.52. The Morgan fingerprint density at radius 1 is 1.38 bits per heavy atom. The minimum atomic E-state index is 0.195. The maximum atomic E-state index is 4.55. The smallest absolute Gasteiger partial charge is 0.0553 e. The lowest BCUT2D eigenvalue weighted by Gasteiger charge is -2.45. The van der Waals surface area contributed by atoms with Crippen molar-refractivity contribution in [2.24, 2.45) is 5.92 Å². The zero-order valence-corrected chi connectivity index (χ0v) is 14.9. The summed E-state index contributed by atoms with van der Waals surface area (Å²) in [5, 5.41) is 0.195. The van der Waals surface area contributed by atoms with E-state index in [0.717, 1.165) is 18.8 Å². The van der Waals surface area contributed by atoms with Crippen LogP contribution in [0.3, 0.4) is 0 Å². The van der Waals surface area contributed by atoms with Crippen LogP contribution in [-0.4, -0.2) is 42.6 Å². The highest BCUT2D eigenvalue weighted by atomic mass is 32.1. The molecule has 1 aliphatic heterocycles. The topological polar surface area (TPSA) is 19.4 Å². The Balaban J connectivity index is 2.10.